The number of aromatic nitrogens is 2. The predicted molar refractivity (Wildman–Crippen MR) is 99.8 cm³/mol. The highest BCUT2D eigenvalue weighted by molar-refractivity contribution is 7.09. The number of halogens is 3. The molecule has 27 heavy (non-hydrogen) atoms. The largest absolute Gasteiger partial charge is 0.434 e. The minimum atomic E-state index is -4.41. The van der Waals surface area contributed by atoms with Gasteiger partial charge >= 0.3 is 6.18 Å². The normalized spacial score (nSPS) is 15.3. The first-order valence-electron chi connectivity index (χ1n) is 8.61. The average molecular weight is 398 g/mol. The van der Waals surface area contributed by atoms with E-state index < -0.39 is 11.9 Å². The van der Waals surface area contributed by atoms with Crippen LogP contribution in [0.4, 0.5) is 19.0 Å². The Hall–Kier alpha value is -2.36. The molecule has 0 aliphatic carbocycles. The van der Waals surface area contributed by atoms with E-state index in [1.165, 1.54) is 12.8 Å². The smallest absolute Gasteiger partial charge is 0.357 e. The number of pyridine rings is 1. The summed E-state index contributed by atoms with van der Waals surface area (Å²) in [5.41, 5.74) is 0.196. The van der Waals surface area contributed by atoms with Gasteiger partial charge in [-0.05, 0) is 30.5 Å². The maximum atomic E-state index is 12.6. The van der Waals surface area contributed by atoms with Crippen LogP contribution in [0.5, 0.6) is 0 Å². The number of nitrogens with zero attached hydrogens (tertiary/aromatic N) is 4. The van der Waals surface area contributed by atoms with Crippen molar-refractivity contribution >= 4 is 23.1 Å². The Kier molecular flexibility index (Phi) is 6.15. The van der Waals surface area contributed by atoms with Crippen LogP contribution in [0.1, 0.15) is 29.1 Å². The Bertz CT molecular complexity index is 783. The molecule has 0 saturated carbocycles. The maximum Gasteiger partial charge on any atom is 0.434 e. The Morgan fingerprint density at radius 2 is 2.00 bits per heavy atom. The van der Waals surface area contributed by atoms with E-state index in [0.29, 0.717) is 17.5 Å². The van der Waals surface area contributed by atoms with Crippen molar-refractivity contribution in [1.29, 1.82) is 0 Å². The molecule has 146 valence electrons. The van der Waals surface area contributed by atoms with Crippen molar-refractivity contribution in [3.05, 3.63) is 40.0 Å². The molecule has 1 aliphatic rings. The molecule has 2 aromatic heterocycles. The molecule has 0 unspecified atom stereocenters. The molecule has 0 spiro atoms. The predicted octanol–water partition coefficient (Wildman–Crippen LogP) is 3.02. The summed E-state index contributed by atoms with van der Waals surface area (Å²) in [7, 11) is 1.61. The Morgan fingerprint density at radius 3 is 2.67 bits per heavy atom. The number of hydrogen-bond donors (Lipinski definition) is 2. The van der Waals surface area contributed by atoms with Crippen molar-refractivity contribution < 1.29 is 13.2 Å². The van der Waals surface area contributed by atoms with Crippen LogP contribution in [-0.4, -0.2) is 36.1 Å². The third-order valence-electron chi connectivity index (χ3n) is 4.17. The quantitative estimate of drug-likeness (QED) is 0.599. The molecule has 1 fully saturated rings. The maximum absolute atomic E-state index is 12.6. The number of alkyl halides is 3. The zero-order valence-electron chi connectivity index (χ0n) is 14.9. The SMILES string of the molecule is CN=C(NCc1ccnc(N2CCCC2)c1)NCc1nc(C(F)(F)F)cs1. The van der Waals surface area contributed by atoms with E-state index in [4.69, 9.17) is 0 Å². The summed E-state index contributed by atoms with van der Waals surface area (Å²) in [6, 6.07) is 3.97. The lowest BCUT2D eigenvalue weighted by molar-refractivity contribution is -0.140. The number of guanidine groups is 1. The van der Waals surface area contributed by atoms with Gasteiger partial charge in [0, 0.05) is 38.3 Å². The molecule has 3 heterocycles. The minimum Gasteiger partial charge on any atom is -0.357 e. The zero-order valence-corrected chi connectivity index (χ0v) is 15.7. The highest BCUT2D eigenvalue weighted by Crippen LogP contribution is 2.29. The molecule has 0 radical (unpaired) electrons. The van der Waals surface area contributed by atoms with Crippen LogP contribution in [0.2, 0.25) is 0 Å². The number of rotatable bonds is 5. The van der Waals surface area contributed by atoms with Crippen LogP contribution in [0.3, 0.4) is 0 Å². The van der Waals surface area contributed by atoms with E-state index in [0.717, 1.165) is 41.2 Å². The second kappa shape index (κ2) is 8.55. The van der Waals surface area contributed by atoms with E-state index in [1.54, 1.807) is 13.2 Å². The number of thiazole rings is 1. The fraction of sp³-hybridized carbons (Fsp3) is 0.471. The lowest BCUT2D eigenvalue weighted by atomic mass is 10.2. The summed E-state index contributed by atoms with van der Waals surface area (Å²) in [6.07, 6.45) is -0.251. The highest BCUT2D eigenvalue weighted by atomic mass is 32.1. The minimum absolute atomic E-state index is 0.176. The molecule has 0 amide bonds. The Morgan fingerprint density at radius 1 is 1.26 bits per heavy atom. The van der Waals surface area contributed by atoms with E-state index in [2.05, 4.69) is 30.5 Å². The van der Waals surface area contributed by atoms with Gasteiger partial charge in [0.05, 0.1) is 6.54 Å². The molecule has 1 saturated heterocycles. The molecular weight excluding hydrogens is 377 g/mol. The van der Waals surface area contributed by atoms with E-state index >= 15 is 0 Å². The number of hydrogen-bond acceptors (Lipinski definition) is 5. The van der Waals surface area contributed by atoms with Gasteiger partial charge in [-0.25, -0.2) is 9.97 Å². The molecule has 0 atom stereocenters. The average Bonchev–Trinajstić information content (AvgIpc) is 3.34. The molecule has 0 bridgehead atoms. The number of anilines is 1. The summed E-state index contributed by atoms with van der Waals surface area (Å²) < 4.78 is 37.8. The molecule has 10 heteroatoms. The summed E-state index contributed by atoms with van der Waals surface area (Å²) >= 11 is 0.969. The number of aliphatic imine (C=N–C) groups is 1. The van der Waals surface area contributed by atoms with Crippen LogP contribution in [0.15, 0.2) is 28.7 Å². The van der Waals surface area contributed by atoms with E-state index in [-0.39, 0.29) is 6.54 Å². The van der Waals surface area contributed by atoms with Crippen LogP contribution in [0, 0.1) is 0 Å². The molecule has 1 aliphatic heterocycles. The van der Waals surface area contributed by atoms with Gasteiger partial charge < -0.3 is 15.5 Å². The van der Waals surface area contributed by atoms with Gasteiger partial charge in [-0.2, -0.15) is 13.2 Å². The van der Waals surface area contributed by atoms with Crippen LogP contribution >= 0.6 is 11.3 Å². The molecular formula is C17H21F3N6S. The van der Waals surface area contributed by atoms with Crippen molar-refractivity contribution in [2.75, 3.05) is 25.0 Å². The van der Waals surface area contributed by atoms with Gasteiger partial charge in [0.25, 0.3) is 0 Å². The first-order valence-corrected chi connectivity index (χ1v) is 9.49. The molecule has 0 aromatic carbocycles. The van der Waals surface area contributed by atoms with E-state index in [1.807, 2.05) is 12.1 Å². The van der Waals surface area contributed by atoms with E-state index in [9.17, 15) is 13.2 Å². The Balaban J connectivity index is 1.52. The molecule has 6 nitrogen and oxygen atoms in total. The molecule has 3 rings (SSSR count). The topological polar surface area (TPSA) is 65.4 Å². The van der Waals surface area contributed by atoms with Crippen molar-refractivity contribution in [2.45, 2.75) is 32.1 Å². The summed E-state index contributed by atoms with van der Waals surface area (Å²) in [5.74, 6) is 1.47. The fourth-order valence-corrected chi connectivity index (χ4v) is 3.52. The van der Waals surface area contributed by atoms with Crippen LogP contribution in [-0.2, 0) is 19.3 Å². The van der Waals surface area contributed by atoms with Crippen molar-refractivity contribution in [1.82, 2.24) is 20.6 Å². The van der Waals surface area contributed by atoms with Gasteiger partial charge in [-0.1, -0.05) is 0 Å². The summed E-state index contributed by atoms with van der Waals surface area (Å²) in [6.45, 7) is 2.77. The van der Waals surface area contributed by atoms with Crippen LogP contribution < -0.4 is 15.5 Å². The summed E-state index contributed by atoms with van der Waals surface area (Å²) in [4.78, 5) is 14.4. The van der Waals surface area contributed by atoms with Crippen molar-refractivity contribution in [3.63, 3.8) is 0 Å². The third-order valence-corrected chi connectivity index (χ3v) is 5.02. The first-order chi connectivity index (χ1) is 13.0. The lowest BCUT2D eigenvalue weighted by Gasteiger charge is -2.17. The lowest BCUT2D eigenvalue weighted by Crippen LogP contribution is -2.36. The van der Waals surface area contributed by atoms with Gasteiger partial charge in [0.15, 0.2) is 11.7 Å². The number of nitrogens with one attached hydrogen (secondary N) is 2. The van der Waals surface area contributed by atoms with Gasteiger partial charge in [0.2, 0.25) is 0 Å². The van der Waals surface area contributed by atoms with Gasteiger partial charge in [-0.3, -0.25) is 4.99 Å². The van der Waals surface area contributed by atoms with Gasteiger partial charge in [-0.15, -0.1) is 11.3 Å². The van der Waals surface area contributed by atoms with Crippen molar-refractivity contribution in [2.24, 2.45) is 4.99 Å². The zero-order chi connectivity index (χ0) is 19.3. The molecule has 2 N–H and O–H groups in total. The van der Waals surface area contributed by atoms with Crippen molar-refractivity contribution in [3.8, 4) is 0 Å². The standard InChI is InChI=1S/C17H21F3N6S/c1-21-16(24-10-15-25-13(11-27-15)17(18,19)20)23-9-12-4-5-22-14(8-12)26-6-2-3-7-26/h4-5,8,11H,2-3,6-7,9-10H2,1H3,(H2,21,23,24). The molecule has 2 aromatic rings. The second-order valence-corrected chi connectivity index (χ2v) is 7.06. The second-order valence-electron chi connectivity index (χ2n) is 6.12. The third kappa shape index (κ3) is 5.31. The summed E-state index contributed by atoms with van der Waals surface area (Å²) in [5, 5.41) is 7.51. The first kappa shape index (κ1) is 19.4. The van der Waals surface area contributed by atoms with Crippen LogP contribution in [0.25, 0.3) is 0 Å². The monoisotopic (exact) mass is 398 g/mol. The van der Waals surface area contributed by atoms with Gasteiger partial charge in [0.1, 0.15) is 10.8 Å². The Labute approximate surface area is 159 Å². The highest BCUT2D eigenvalue weighted by Gasteiger charge is 2.33. The fourth-order valence-electron chi connectivity index (χ4n) is 2.78.